The molecule has 0 amide bonds. The molecule has 0 aliphatic carbocycles. The standard InChI is InChI=1S/C13H17NO3/c1-14(2)8-7-12(15)11-9-10(16-3)5-6-13(11)17-4/h5-9H,1-4H3. The van der Waals surface area contributed by atoms with Gasteiger partial charge in [0.15, 0.2) is 5.78 Å². The number of benzene rings is 1. The van der Waals surface area contributed by atoms with E-state index in [0.717, 1.165) is 0 Å². The molecule has 1 aromatic rings. The fraction of sp³-hybridized carbons (Fsp3) is 0.308. The maximum absolute atomic E-state index is 11.9. The van der Waals surface area contributed by atoms with Crippen LogP contribution in [0.25, 0.3) is 0 Å². The summed E-state index contributed by atoms with van der Waals surface area (Å²) in [5.41, 5.74) is 0.491. The second-order valence-electron chi connectivity index (χ2n) is 3.71. The minimum Gasteiger partial charge on any atom is -0.497 e. The number of methoxy groups -OCH3 is 2. The van der Waals surface area contributed by atoms with E-state index in [2.05, 4.69) is 0 Å². The minimum atomic E-state index is -0.116. The van der Waals surface area contributed by atoms with Gasteiger partial charge in [-0.25, -0.2) is 0 Å². The molecule has 0 saturated carbocycles. The van der Waals surface area contributed by atoms with Gasteiger partial charge in [0.25, 0.3) is 0 Å². The summed E-state index contributed by atoms with van der Waals surface area (Å²) >= 11 is 0. The van der Waals surface area contributed by atoms with Crippen molar-refractivity contribution in [2.75, 3.05) is 28.3 Å². The van der Waals surface area contributed by atoms with Gasteiger partial charge in [-0.3, -0.25) is 4.79 Å². The Labute approximate surface area is 101 Å². The molecule has 0 saturated heterocycles. The van der Waals surface area contributed by atoms with E-state index in [-0.39, 0.29) is 5.78 Å². The van der Waals surface area contributed by atoms with E-state index < -0.39 is 0 Å². The quantitative estimate of drug-likeness (QED) is 0.577. The van der Waals surface area contributed by atoms with Crippen LogP contribution in [0.2, 0.25) is 0 Å². The van der Waals surface area contributed by atoms with Gasteiger partial charge in [-0.1, -0.05) is 0 Å². The van der Waals surface area contributed by atoms with E-state index in [9.17, 15) is 4.79 Å². The topological polar surface area (TPSA) is 38.8 Å². The average Bonchev–Trinajstić information content (AvgIpc) is 2.34. The number of carbonyl (C=O) groups excluding carboxylic acids is 1. The van der Waals surface area contributed by atoms with Gasteiger partial charge in [0.05, 0.1) is 19.8 Å². The van der Waals surface area contributed by atoms with Crippen LogP contribution in [0.3, 0.4) is 0 Å². The summed E-state index contributed by atoms with van der Waals surface area (Å²) in [6, 6.07) is 5.14. The molecule has 1 aromatic carbocycles. The van der Waals surface area contributed by atoms with Gasteiger partial charge in [0.2, 0.25) is 0 Å². The second-order valence-corrected chi connectivity index (χ2v) is 3.71. The van der Waals surface area contributed by atoms with E-state index in [1.807, 2.05) is 14.1 Å². The zero-order valence-corrected chi connectivity index (χ0v) is 10.6. The molecule has 0 aromatic heterocycles. The first-order valence-electron chi connectivity index (χ1n) is 5.19. The predicted molar refractivity (Wildman–Crippen MR) is 66.7 cm³/mol. The highest BCUT2D eigenvalue weighted by Gasteiger charge is 2.10. The first-order valence-corrected chi connectivity index (χ1v) is 5.19. The smallest absolute Gasteiger partial charge is 0.191 e. The number of carbonyl (C=O) groups is 1. The Kier molecular flexibility index (Phi) is 4.57. The summed E-state index contributed by atoms with van der Waals surface area (Å²) in [7, 11) is 6.80. The molecule has 1 rings (SSSR count). The first kappa shape index (κ1) is 13.1. The average molecular weight is 235 g/mol. The lowest BCUT2D eigenvalue weighted by atomic mass is 10.1. The van der Waals surface area contributed by atoms with Crippen LogP contribution in [0, 0.1) is 0 Å². The van der Waals surface area contributed by atoms with Gasteiger partial charge in [0.1, 0.15) is 11.5 Å². The van der Waals surface area contributed by atoms with Crippen LogP contribution < -0.4 is 9.47 Å². The third-order valence-electron chi connectivity index (χ3n) is 2.20. The number of allylic oxidation sites excluding steroid dienone is 1. The van der Waals surface area contributed by atoms with Crippen LogP contribution in [-0.4, -0.2) is 39.0 Å². The monoisotopic (exact) mass is 235 g/mol. The van der Waals surface area contributed by atoms with E-state index in [0.29, 0.717) is 17.1 Å². The molecule has 0 aliphatic heterocycles. The van der Waals surface area contributed by atoms with Crippen LogP contribution in [0.5, 0.6) is 11.5 Å². The Bertz CT molecular complexity index is 425. The molecule has 0 heterocycles. The van der Waals surface area contributed by atoms with Gasteiger partial charge in [-0.05, 0) is 18.2 Å². The molecule has 0 atom stereocenters. The van der Waals surface area contributed by atoms with Crippen LogP contribution >= 0.6 is 0 Å². The minimum absolute atomic E-state index is 0.116. The van der Waals surface area contributed by atoms with Gasteiger partial charge < -0.3 is 14.4 Å². The third-order valence-corrected chi connectivity index (χ3v) is 2.20. The molecule has 4 nitrogen and oxygen atoms in total. The maximum atomic E-state index is 11.9. The predicted octanol–water partition coefficient (Wildman–Crippen LogP) is 1.96. The summed E-state index contributed by atoms with van der Waals surface area (Å²) in [5.74, 6) is 1.06. The fourth-order valence-corrected chi connectivity index (χ4v) is 1.31. The Morgan fingerprint density at radius 3 is 2.47 bits per heavy atom. The molecule has 0 N–H and O–H groups in total. The molecule has 0 radical (unpaired) electrons. The molecule has 92 valence electrons. The second kappa shape index (κ2) is 5.94. The molecule has 0 fully saturated rings. The highest BCUT2D eigenvalue weighted by Crippen LogP contribution is 2.24. The van der Waals surface area contributed by atoms with Crippen molar-refractivity contribution in [1.82, 2.24) is 4.90 Å². The number of hydrogen-bond donors (Lipinski definition) is 0. The highest BCUT2D eigenvalue weighted by molar-refractivity contribution is 6.06. The molecular formula is C13H17NO3. The summed E-state index contributed by atoms with van der Waals surface area (Å²) in [4.78, 5) is 13.7. The van der Waals surface area contributed by atoms with Crippen LogP contribution in [0.4, 0.5) is 0 Å². The molecule has 17 heavy (non-hydrogen) atoms. The van der Waals surface area contributed by atoms with E-state index in [1.54, 1.807) is 36.4 Å². The van der Waals surface area contributed by atoms with Crippen LogP contribution in [0.1, 0.15) is 10.4 Å². The van der Waals surface area contributed by atoms with Crippen molar-refractivity contribution in [2.45, 2.75) is 0 Å². The Morgan fingerprint density at radius 1 is 1.24 bits per heavy atom. The Balaban J connectivity index is 3.05. The van der Waals surface area contributed by atoms with Gasteiger partial charge in [-0.15, -0.1) is 0 Å². The zero-order valence-electron chi connectivity index (χ0n) is 10.6. The highest BCUT2D eigenvalue weighted by atomic mass is 16.5. The summed E-state index contributed by atoms with van der Waals surface area (Å²) in [5, 5.41) is 0. The van der Waals surface area contributed by atoms with Crippen molar-refractivity contribution < 1.29 is 14.3 Å². The van der Waals surface area contributed by atoms with Gasteiger partial charge >= 0.3 is 0 Å². The third kappa shape index (κ3) is 3.52. The SMILES string of the molecule is COc1ccc(OC)c(C(=O)C=CN(C)C)c1. The normalized spacial score (nSPS) is 10.4. The zero-order chi connectivity index (χ0) is 12.8. The number of ketones is 1. The van der Waals surface area contributed by atoms with Crippen molar-refractivity contribution in [3.8, 4) is 11.5 Å². The first-order chi connectivity index (χ1) is 8.08. The van der Waals surface area contributed by atoms with Crippen molar-refractivity contribution in [3.63, 3.8) is 0 Å². The molecule has 0 unspecified atom stereocenters. The van der Waals surface area contributed by atoms with Crippen molar-refractivity contribution >= 4 is 5.78 Å². The van der Waals surface area contributed by atoms with Gasteiger partial charge in [0, 0.05) is 26.4 Å². The molecule has 4 heteroatoms. The van der Waals surface area contributed by atoms with Crippen molar-refractivity contribution in [2.24, 2.45) is 0 Å². The largest absolute Gasteiger partial charge is 0.497 e. The van der Waals surface area contributed by atoms with Crippen molar-refractivity contribution in [3.05, 3.63) is 36.0 Å². The van der Waals surface area contributed by atoms with E-state index in [4.69, 9.17) is 9.47 Å². The summed E-state index contributed by atoms with van der Waals surface area (Å²) < 4.78 is 10.2. The summed E-state index contributed by atoms with van der Waals surface area (Å²) in [6.07, 6.45) is 3.19. The summed E-state index contributed by atoms with van der Waals surface area (Å²) in [6.45, 7) is 0. The van der Waals surface area contributed by atoms with Crippen molar-refractivity contribution in [1.29, 1.82) is 0 Å². The molecule has 0 aliphatic rings. The van der Waals surface area contributed by atoms with Gasteiger partial charge in [-0.2, -0.15) is 0 Å². The number of rotatable bonds is 5. The fourth-order valence-electron chi connectivity index (χ4n) is 1.31. The maximum Gasteiger partial charge on any atom is 0.191 e. The lowest BCUT2D eigenvalue weighted by Crippen LogP contribution is -2.04. The van der Waals surface area contributed by atoms with Crippen LogP contribution in [0.15, 0.2) is 30.5 Å². The molecule has 0 spiro atoms. The lowest BCUT2D eigenvalue weighted by Gasteiger charge is -2.08. The molecular weight excluding hydrogens is 218 g/mol. The van der Waals surface area contributed by atoms with Crippen LogP contribution in [-0.2, 0) is 0 Å². The number of nitrogens with zero attached hydrogens (tertiary/aromatic N) is 1. The van der Waals surface area contributed by atoms with E-state index in [1.165, 1.54) is 13.2 Å². The Morgan fingerprint density at radius 2 is 1.94 bits per heavy atom. The Hall–Kier alpha value is -1.97. The lowest BCUT2D eigenvalue weighted by molar-refractivity contribution is 0.104. The molecule has 0 bridgehead atoms. The van der Waals surface area contributed by atoms with E-state index >= 15 is 0 Å². The number of hydrogen-bond acceptors (Lipinski definition) is 4. The number of ether oxygens (including phenoxy) is 2.